The predicted octanol–water partition coefficient (Wildman–Crippen LogP) is 2.24. The van der Waals surface area contributed by atoms with Crippen LogP contribution in [0.1, 0.15) is 12.0 Å². The predicted molar refractivity (Wildman–Crippen MR) is 72.0 cm³/mol. The topological polar surface area (TPSA) is 68.0 Å². The minimum Gasteiger partial charge on any atom is -0.399 e. The van der Waals surface area contributed by atoms with Gasteiger partial charge in [0, 0.05) is 30.2 Å². The van der Waals surface area contributed by atoms with E-state index >= 15 is 0 Å². The van der Waals surface area contributed by atoms with Crippen molar-refractivity contribution in [1.29, 1.82) is 0 Å². The third-order valence-corrected chi connectivity index (χ3v) is 2.56. The molecule has 0 radical (unpaired) electrons. The highest BCUT2D eigenvalue weighted by molar-refractivity contribution is 5.91. The lowest BCUT2D eigenvalue weighted by molar-refractivity contribution is -0.116. The minimum atomic E-state index is -0.0163. The Hall–Kier alpha value is -2.36. The molecule has 0 aliphatic rings. The van der Waals surface area contributed by atoms with Crippen molar-refractivity contribution < 1.29 is 4.79 Å². The van der Waals surface area contributed by atoms with Crippen molar-refractivity contribution in [3.63, 3.8) is 0 Å². The van der Waals surface area contributed by atoms with Gasteiger partial charge in [-0.05, 0) is 42.3 Å². The first-order valence-electron chi connectivity index (χ1n) is 5.78. The molecule has 2 aromatic rings. The minimum absolute atomic E-state index is 0.0163. The molecule has 1 heterocycles. The third kappa shape index (κ3) is 3.59. The molecule has 18 heavy (non-hydrogen) atoms. The first-order chi connectivity index (χ1) is 8.74. The smallest absolute Gasteiger partial charge is 0.224 e. The van der Waals surface area contributed by atoms with Crippen LogP contribution in [0.5, 0.6) is 0 Å². The Kier molecular flexibility index (Phi) is 3.91. The average Bonchev–Trinajstić information content (AvgIpc) is 2.38. The van der Waals surface area contributed by atoms with Crippen LogP contribution in [0.2, 0.25) is 0 Å². The highest BCUT2D eigenvalue weighted by Crippen LogP contribution is 2.12. The Labute approximate surface area is 106 Å². The highest BCUT2D eigenvalue weighted by atomic mass is 16.1. The lowest BCUT2D eigenvalue weighted by Gasteiger charge is -2.05. The SMILES string of the molecule is Nc1cccc(NC(=O)CCc2ccncc2)c1. The number of aromatic nitrogens is 1. The van der Waals surface area contributed by atoms with Gasteiger partial charge in [0.25, 0.3) is 0 Å². The molecule has 1 amide bonds. The number of nitrogens with one attached hydrogen (secondary N) is 1. The third-order valence-electron chi connectivity index (χ3n) is 2.56. The summed E-state index contributed by atoms with van der Waals surface area (Å²) < 4.78 is 0. The summed E-state index contributed by atoms with van der Waals surface area (Å²) in [4.78, 5) is 15.7. The first kappa shape index (κ1) is 12.1. The first-order valence-corrected chi connectivity index (χ1v) is 5.78. The summed E-state index contributed by atoms with van der Waals surface area (Å²) in [6, 6.07) is 11.0. The van der Waals surface area contributed by atoms with E-state index in [4.69, 9.17) is 5.73 Å². The fraction of sp³-hybridized carbons (Fsp3) is 0.143. The summed E-state index contributed by atoms with van der Waals surface area (Å²) in [5, 5.41) is 2.82. The summed E-state index contributed by atoms with van der Waals surface area (Å²) in [7, 11) is 0. The monoisotopic (exact) mass is 241 g/mol. The van der Waals surface area contributed by atoms with Crippen molar-refractivity contribution in [2.75, 3.05) is 11.1 Å². The molecule has 0 spiro atoms. The van der Waals surface area contributed by atoms with E-state index in [0.717, 1.165) is 11.3 Å². The van der Waals surface area contributed by atoms with E-state index in [9.17, 15) is 4.79 Å². The fourth-order valence-corrected chi connectivity index (χ4v) is 1.65. The molecular weight excluding hydrogens is 226 g/mol. The molecule has 1 aromatic heterocycles. The second-order valence-corrected chi connectivity index (χ2v) is 4.03. The number of hydrogen-bond acceptors (Lipinski definition) is 3. The number of aryl methyl sites for hydroxylation is 1. The van der Waals surface area contributed by atoms with E-state index in [1.807, 2.05) is 24.3 Å². The van der Waals surface area contributed by atoms with Gasteiger partial charge in [0.15, 0.2) is 0 Å². The number of benzene rings is 1. The maximum absolute atomic E-state index is 11.7. The molecule has 0 unspecified atom stereocenters. The molecule has 0 saturated carbocycles. The molecule has 1 aromatic carbocycles. The van der Waals surface area contributed by atoms with Crippen LogP contribution in [-0.2, 0) is 11.2 Å². The van der Waals surface area contributed by atoms with E-state index in [1.165, 1.54) is 0 Å². The average molecular weight is 241 g/mol. The van der Waals surface area contributed by atoms with Crippen LogP contribution in [0, 0.1) is 0 Å². The van der Waals surface area contributed by atoms with Gasteiger partial charge in [0.05, 0.1) is 0 Å². The van der Waals surface area contributed by atoms with Gasteiger partial charge in [-0.25, -0.2) is 0 Å². The molecule has 92 valence electrons. The van der Waals surface area contributed by atoms with E-state index in [0.29, 0.717) is 18.5 Å². The normalized spacial score (nSPS) is 10.0. The van der Waals surface area contributed by atoms with E-state index in [2.05, 4.69) is 10.3 Å². The molecule has 4 heteroatoms. The van der Waals surface area contributed by atoms with Gasteiger partial charge in [-0.2, -0.15) is 0 Å². The second kappa shape index (κ2) is 5.82. The Bertz CT molecular complexity index is 526. The van der Waals surface area contributed by atoms with Gasteiger partial charge < -0.3 is 11.1 Å². The maximum Gasteiger partial charge on any atom is 0.224 e. The highest BCUT2D eigenvalue weighted by Gasteiger charge is 2.03. The van der Waals surface area contributed by atoms with Crippen LogP contribution in [0.4, 0.5) is 11.4 Å². The number of nitrogen functional groups attached to an aromatic ring is 1. The molecule has 4 nitrogen and oxygen atoms in total. The van der Waals surface area contributed by atoms with Gasteiger partial charge >= 0.3 is 0 Å². The summed E-state index contributed by atoms with van der Waals surface area (Å²) in [6.07, 6.45) is 4.60. The van der Waals surface area contributed by atoms with Crippen molar-refractivity contribution >= 4 is 17.3 Å². The Morgan fingerprint density at radius 2 is 2.00 bits per heavy atom. The zero-order chi connectivity index (χ0) is 12.8. The Morgan fingerprint density at radius 1 is 1.22 bits per heavy atom. The summed E-state index contributed by atoms with van der Waals surface area (Å²) in [6.45, 7) is 0. The van der Waals surface area contributed by atoms with Crippen molar-refractivity contribution in [1.82, 2.24) is 4.98 Å². The molecule has 0 fully saturated rings. The molecule has 3 N–H and O–H groups in total. The van der Waals surface area contributed by atoms with Crippen molar-refractivity contribution in [3.8, 4) is 0 Å². The second-order valence-electron chi connectivity index (χ2n) is 4.03. The van der Waals surface area contributed by atoms with E-state index in [-0.39, 0.29) is 5.91 Å². The lowest BCUT2D eigenvalue weighted by Crippen LogP contribution is -2.12. The molecule has 0 aliphatic heterocycles. The van der Waals surface area contributed by atoms with Gasteiger partial charge in [0.2, 0.25) is 5.91 Å². The van der Waals surface area contributed by atoms with Crippen LogP contribution in [0.15, 0.2) is 48.8 Å². The number of nitrogens with zero attached hydrogens (tertiary/aromatic N) is 1. The van der Waals surface area contributed by atoms with Crippen LogP contribution in [0.25, 0.3) is 0 Å². The number of nitrogens with two attached hydrogens (primary N) is 1. The standard InChI is InChI=1S/C14H15N3O/c15-12-2-1-3-13(10-12)17-14(18)5-4-11-6-8-16-9-7-11/h1-3,6-10H,4-5,15H2,(H,17,18). The van der Waals surface area contributed by atoms with Crippen LogP contribution >= 0.6 is 0 Å². The Balaban J connectivity index is 1.86. The summed E-state index contributed by atoms with van der Waals surface area (Å²) >= 11 is 0. The molecule has 0 aliphatic carbocycles. The van der Waals surface area contributed by atoms with Crippen molar-refractivity contribution in [2.24, 2.45) is 0 Å². The van der Waals surface area contributed by atoms with Crippen LogP contribution < -0.4 is 11.1 Å². The van der Waals surface area contributed by atoms with Crippen molar-refractivity contribution in [3.05, 3.63) is 54.4 Å². The number of rotatable bonds is 4. The molecule has 0 bridgehead atoms. The largest absolute Gasteiger partial charge is 0.399 e. The number of amides is 1. The summed E-state index contributed by atoms with van der Waals surface area (Å²) in [5.41, 5.74) is 8.12. The van der Waals surface area contributed by atoms with Crippen LogP contribution in [0.3, 0.4) is 0 Å². The van der Waals surface area contributed by atoms with E-state index < -0.39 is 0 Å². The summed E-state index contributed by atoms with van der Waals surface area (Å²) in [5.74, 6) is -0.0163. The lowest BCUT2D eigenvalue weighted by atomic mass is 10.1. The maximum atomic E-state index is 11.7. The zero-order valence-electron chi connectivity index (χ0n) is 9.97. The van der Waals surface area contributed by atoms with Gasteiger partial charge in [-0.1, -0.05) is 6.07 Å². The quantitative estimate of drug-likeness (QED) is 0.806. The Morgan fingerprint density at radius 3 is 2.72 bits per heavy atom. The number of pyridine rings is 1. The number of hydrogen-bond donors (Lipinski definition) is 2. The zero-order valence-corrected chi connectivity index (χ0v) is 9.97. The molecule has 0 atom stereocenters. The fourth-order valence-electron chi connectivity index (χ4n) is 1.65. The van der Waals surface area contributed by atoms with Gasteiger partial charge in [-0.15, -0.1) is 0 Å². The number of anilines is 2. The molecule has 0 saturated heterocycles. The number of carbonyl (C=O) groups is 1. The van der Waals surface area contributed by atoms with Crippen molar-refractivity contribution in [2.45, 2.75) is 12.8 Å². The number of carbonyl (C=O) groups excluding carboxylic acids is 1. The van der Waals surface area contributed by atoms with Gasteiger partial charge in [0.1, 0.15) is 0 Å². The molecule has 2 rings (SSSR count). The molecular formula is C14H15N3O. The van der Waals surface area contributed by atoms with Gasteiger partial charge in [-0.3, -0.25) is 9.78 Å². The van der Waals surface area contributed by atoms with E-state index in [1.54, 1.807) is 24.5 Å². The van der Waals surface area contributed by atoms with Crippen LogP contribution in [-0.4, -0.2) is 10.9 Å².